The maximum absolute atomic E-state index is 12.8. The number of H-pyrrole nitrogens is 1. The van der Waals surface area contributed by atoms with Crippen LogP contribution in [0, 0.1) is 5.82 Å². The highest BCUT2D eigenvalue weighted by Crippen LogP contribution is 2.10. The van der Waals surface area contributed by atoms with Crippen LogP contribution in [0.1, 0.15) is 0 Å². The Bertz CT molecular complexity index is 589. The van der Waals surface area contributed by atoms with E-state index in [1.165, 1.54) is 24.4 Å². The predicted molar refractivity (Wildman–Crippen MR) is 53.7 cm³/mol. The largest absolute Gasteiger partial charge is 0.367 e. The minimum Gasteiger partial charge on any atom is -0.367 e. The van der Waals surface area contributed by atoms with Gasteiger partial charge < -0.3 is 9.82 Å². The van der Waals surface area contributed by atoms with E-state index in [1.807, 2.05) is 0 Å². The summed E-state index contributed by atoms with van der Waals surface area (Å²) in [4.78, 5) is 29.7. The van der Waals surface area contributed by atoms with Crippen molar-refractivity contribution in [2.24, 2.45) is 0 Å². The van der Waals surface area contributed by atoms with Crippen molar-refractivity contribution < 1.29 is 9.23 Å². The molecule has 1 heterocycles. The van der Waals surface area contributed by atoms with Crippen LogP contribution >= 0.6 is 0 Å². The fraction of sp³-hybridized carbons (Fsp3) is 0. The third-order valence-electron chi connectivity index (χ3n) is 1.81. The molecule has 0 radical (unpaired) electrons. The van der Waals surface area contributed by atoms with Crippen LogP contribution in [0.25, 0.3) is 0 Å². The van der Waals surface area contributed by atoms with Gasteiger partial charge in [-0.3, -0.25) is 4.79 Å². The van der Waals surface area contributed by atoms with Crippen molar-refractivity contribution in [2.45, 2.75) is 0 Å². The maximum Gasteiger partial charge on any atom is 0.362 e. The van der Waals surface area contributed by atoms with Crippen LogP contribution in [0.3, 0.4) is 0 Å². The lowest BCUT2D eigenvalue weighted by Gasteiger charge is -2.05. The zero-order valence-corrected chi connectivity index (χ0v) is 8.01. The van der Waals surface area contributed by atoms with Crippen molar-refractivity contribution in [3.8, 4) is 5.75 Å². The number of nitrogens with one attached hydrogen (secondary N) is 1. The second-order valence-corrected chi connectivity index (χ2v) is 2.96. The van der Waals surface area contributed by atoms with Gasteiger partial charge in [-0.15, -0.1) is 0 Å². The predicted octanol–water partition coefficient (Wildman–Crippen LogP) is 0.518. The number of benzene rings is 1. The normalized spacial score (nSPS) is 10.1. The zero-order valence-electron chi connectivity index (χ0n) is 8.01. The lowest BCUT2D eigenvalue weighted by atomic mass is 10.3. The van der Waals surface area contributed by atoms with E-state index >= 15 is 0 Å². The fourth-order valence-corrected chi connectivity index (χ4v) is 1.13. The standard InChI is InChI=1S/C10H7FN2O3/c11-7-2-1-3-8(6-7)16-13-9(14)4-5-12-10(13)15/h1-6H,(H,12,15). The van der Waals surface area contributed by atoms with Gasteiger partial charge >= 0.3 is 5.69 Å². The Kier molecular flexibility index (Phi) is 2.55. The first kappa shape index (κ1) is 10.2. The van der Waals surface area contributed by atoms with Gasteiger partial charge in [0.05, 0.1) is 0 Å². The molecule has 0 spiro atoms. The van der Waals surface area contributed by atoms with E-state index in [0.29, 0.717) is 4.73 Å². The van der Waals surface area contributed by atoms with Gasteiger partial charge in [-0.25, -0.2) is 9.18 Å². The first-order valence-electron chi connectivity index (χ1n) is 4.41. The van der Waals surface area contributed by atoms with Crippen LogP contribution in [-0.4, -0.2) is 9.71 Å². The number of aromatic amines is 1. The lowest BCUT2D eigenvalue weighted by Crippen LogP contribution is -2.37. The van der Waals surface area contributed by atoms with Gasteiger partial charge in [0.15, 0.2) is 5.75 Å². The summed E-state index contributed by atoms with van der Waals surface area (Å²) in [6.07, 6.45) is 1.20. The first-order chi connectivity index (χ1) is 7.66. The molecular formula is C10H7FN2O3. The molecule has 0 aliphatic rings. The summed E-state index contributed by atoms with van der Waals surface area (Å²) in [5, 5.41) is 0. The van der Waals surface area contributed by atoms with Crippen LogP contribution in [0.4, 0.5) is 4.39 Å². The van der Waals surface area contributed by atoms with E-state index in [-0.39, 0.29) is 5.75 Å². The third-order valence-corrected chi connectivity index (χ3v) is 1.81. The quantitative estimate of drug-likeness (QED) is 0.805. The zero-order chi connectivity index (χ0) is 11.5. The van der Waals surface area contributed by atoms with Crippen molar-refractivity contribution in [3.63, 3.8) is 0 Å². The monoisotopic (exact) mass is 222 g/mol. The van der Waals surface area contributed by atoms with E-state index in [2.05, 4.69) is 4.98 Å². The molecule has 6 heteroatoms. The Labute approximate surface area is 88.7 Å². The molecule has 2 rings (SSSR count). The second kappa shape index (κ2) is 4.01. The summed E-state index contributed by atoms with van der Waals surface area (Å²) in [5.74, 6) is -0.447. The van der Waals surface area contributed by atoms with Gasteiger partial charge in [-0.05, 0) is 12.1 Å². The summed E-state index contributed by atoms with van der Waals surface area (Å²) in [6, 6.07) is 6.26. The van der Waals surface area contributed by atoms with E-state index < -0.39 is 17.1 Å². The SMILES string of the molecule is O=c1cc[nH]c(=O)n1Oc1cccc(F)c1. The van der Waals surface area contributed by atoms with E-state index in [1.54, 1.807) is 0 Å². The summed E-state index contributed by atoms with van der Waals surface area (Å²) in [5.41, 5.74) is -1.36. The van der Waals surface area contributed by atoms with E-state index in [9.17, 15) is 14.0 Å². The van der Waals surface area contributed by atoms with Gasteiger partial charge in [0.1, 0.15) is 5.82 Å². The Morgan fingerprint density at radius 1 is 1.25 bits per heavy atom. The van der Waals surface area contributed by atoms with Crippen molar-refractivity contribution >= 4 is 0 Å². The molecule has 0 bridgehead atoms. The molecule has 0 saturated carbocycles. The van der Waals surface area contributed by atoms with Gasteiger partial charge in [0.2, 0.25) is 0 Å². The minimum absolute atomic E-state index is 0.0683. The summed E-state index contributed by atoms with van der Waals surface area (Å²) >= 11 is 0. The van der Waals surface area contributed by atoms with E-state index in [4.69, 9.17) is 4.84 Å². The average Bonchev–Trinajstić information content (AvgIpc) is 2.24. The second-order valence-electron chi connectivity index (χ2n) is 2.96. The summed E-state index contributed by atoms with van der Waals surface area (Å²) < 4.78 is 13.3. The lowest BCUT2D eigenvalue weighted by molar-refractivity contribution is 0.189. The number of aromatic nitrogens is 2. The molecule has 82 valence electrons. The van der Waals surface area contributed by atoms with Crippen molar-refractivity contribution in [3.05, 3.63) is 63.2 Å². The first-order valence-corrected chi connectivity index (χ1v) is 4.41. The van der Waals surface area contributed by atoms with Crippen molar-refractivity contribution in [2.75, 3.05) is 0 Å². The topological polar surface area (TPSA) is 64.1 Å². The molecule has 0 aliphatic carbocycles. The molecule has 0 saturated heterocycles. The van der Waals surface area contributed by atoms with Crippen LogP contribution in [0.5, 0.6) is 5.75 Å². The number of rotatable bonds is 2. The molecule has 1 aromatic carbocycles. The highest BCUT2D eigenvalue weighted by atomic mass is 19.1. The Balaban J connectivity index is 2.42. The van der Waals surface area contributed by atoms with Gasteiger partial charge in [-0.2, -0.15) is 0 Å². The number of hydrogen-bond acceptors (Lipinski definition) is 3. The molecule has 0 atom stereocenters. The summed E-state index contributed by atoms with van der Waals surface area (Å²) in [6.45, 7) is 0. The number of hydrogen-bond donors (Lipinski definition) is 1. The number of nitrogens with zero attached hydrogens (tertiary/aromatic N) is 1. The van der Waals surface area contributed by atoms with Crippen LogP contribution in [-0.2, 0) is 0 Å². The van der Waals surface area contributed by atoms with Gasteiger partial charge in [0.25, 0.3) is 5.56 Å². The molecule has 0 unspecified atom stereocenters. The van der Waals surface area contributed by atoms with Crippen LogP contribution in [0.2, 0.25) is 0 Å². The molecule has 0 amide bonds. The Morgan fingerprint density at radius 2 is 2.06 bits per heavy atom. The molecule has 5 nitrogen and oxygen atoms in total. The van der Waals surface area contributed by atoms with Crippen molar-refractivity contribution in [1.29, 1.82) is 0 Å². The highest BCUT2D eigenvalue weighted by molar-refractivity contribution is 5.22. The van der Waals surface area contributed by atoms with Gasteiger partial charge in [-0.1, -0.05) is 10.8 Å². The Morgan fingerprint density at radius 3 is 2.75 bits per heavy atom. The fourth-order valence-electron chi connectivity index (χ4n) is 1.13. The maximum atomic E-state index is 12.8. The Hall–Kier alpha value is -2.37. The minimum atomic E-state index is -0.725. The van der Waals surface area contributed by atoms with E-state index in [0.717, 1.165) is 12.1 Å². The molecule has 1 aromatic heterocycles. The molecule has 0 fully saturated rings. The summed E-state index contributed by atoms with van der Waals surface area (Å²) in [7, 11) is 0. The average molecular weight is 222 g/mol. The van der Waals surface area contributed by atoms with Crippen molar-refractivity contribution in [1.82, 2.24) is 9.71 Å². The molecule has 16 heavy (non-hydrogen) atoms. The third kappa shape index (κ3) is 2.00. The van der Waals surface area contributed by atoms with Crippen LogP contribution < -0.4 is 16.1 Å². The molecule has 0 aliphatic heterocycles. The van der Waals surface area contributed by atoms with Crippen LogP contribution in [0.15, 0.2) is 46.1 Å². The molecule has 1 N–H and O–H groups in total. The number of halogens is 1. The molecular weight excluding hydrogens is 215 g/mol. The highest BCUT2D eigenvalue weighted by Gasteiger charge is 2.03. The van der Waals surface area contributed by atoms with Gasteiger partial charge in [0, 0.05) is 18.3 Å². The smallest absolute Gasteiger partial charge is 0.362 e. The molecule has 2 aromatic rings.